The molecule has 4 nitrogen and oxygen atoms in total. The Kier molecular flexibility index (Phi) is 4.85. The Hall–Kier alpha value is -1.55. The van der Waals surface area contributed by atoms with Crippen LogP contribution in [0.5, 0.6) is 0 Å². The second kappa shape index (κ2) is 7.46. The molecule has 27 heavy (non-hydrogen) atoms. The average molecular weight is 368 g/mol. The largest absolute Gasteiger partial charge is 0.335 e. The van der Waals surface area contributed by atoms with Gasteiger partial charge in [-0.2, -0.15) is 0 Å². The van der Waals surface area contributed by atoms with Crippen molar-refractivity contribution in [2.45, 2.75) is 64.1 Å². The molecule has 1 heterocycles. The van der Waals surface area contributed by atoms with E-state index in [1.54, 1.807) is 0 Å². The van der Waals surface area contributed by atoms with Crippen molar-refractivity contribution < 1.29 is 4.79 Å². The summed E-state index contributed by atoms with van der Waals surface area (Å²) in [7, 11) is 0. The highest BCUT2D eigenvalue weighted by atomic mass is 16.2. The molecule has 4 aliphatic carbocycles. The van der Waals surface area contributed by atoms with Gasteiger partial charge in [0.2, 0.25) is 0 Å². The van der Waals surface area contributed by atoms with E-state index in [9.17, 15) is 4.79 Å². The average Bonchev–Trinajstić information content (AvgIpc) is 3.16. The van der Waals surface area contributed by atoms with Crippen molar-refractivity contribution in [3.8, 4) is 0 Å². The smallest absolute Gasteiger partial charge is 0.315 e. The first kappa shape index (κ1) is 17.5. The Balaban J connectivity index is 1.17. The Morgan fingerprint density at radius 1 is 0.926 bits per heavy atom. The molecule has 4 heteroatoms. The summed E-state index contributed by atoms with van der Waals surface area (Å²) in [5, 5.41) is 6.52. The highest BCUT2D eigenvalue weighted by Gasteiger charge is 2.48. The number of carbonyl (C=O) groups excluding carboxylic acids is 1. The minimum Gasteiger partial charge on any atom is -0.335 e. The number of likely N-dealkylation sites (tertiary alicyclic amines) is 1. The van der Waals surface area contributed by atoms with Crippen molar-refractivity contribution in [1.29, 1.82) is 0 Å². The number of rotatable bonds is 5. The lowest BCUT2D eigenvalue weighted by molar-refractivity contribution is -0.00942. The van der Waals surface area contributed by atoms with Gasteiger partial charge in [-0.1, -0.05) is 24.3 Å². The second-order valence-corrected chi connectivity index (χ2v) is 9.54. The maximum absolute atomic E-state index is 12.6. The van der Waals surface area contributed by atoms with Crippen LogP contribution in [0.25, 0.3) is 0 Å². The molecular weight excluding hydrogens is 334 g/mol. The zero-order chi connectivity index (χ0) is 18.2. The van der Waals surface area contributed by atoms with E-state index in [1.807, 2.05) is 0 Å². The molecule has 2 amide bonds. The summed E-state index contributed by atoms with van der Waals surface area (Å²) in [5.74, 6) is 3.36. The molecule has 1 aromatic carbocycles. The Morgan fingerprint density at radius 3 is 2.22 bits per heavy atom. The molecular formula is C23H33N3O. The van der Waals surface area contributed by atoms with E-state index in [0.29, 0.717) is 12.6 Å². The van der Waals surface area contributed by atoms with E-state index in [2.05, 4.69) is 39.8 Å². The summed E-state index contributed by atoms with van der Waals surface area (Å²) in [6.07, 6.45) is 9.46. The molecule has 0 spiro atoms. The fourth-order valence-electron chi connectivity index (χ4n) is 6.60. The van der Waals surface area contributed by atoms with E-state index in [4.69, 9.17) is 0 Å². The van der Waals surface area contributed by atoms with Crippen LogP contribution >= 0.6 is 0 Å². The Bertz CT molecular complexity index is 654. The fourth-order valence-corrected chi connectivity index (χ4v) is 6.60. The van der Waals surface area contributed by atoms with E-state index in [0.717, 1.165) is 30.2 Å². The molecule has 4 saturated carbocycles. The minimum atomic E-state index is 0.0310. The van der Waals surface area contributed by atoms with Gasteiger partial charge in [-0.05, 0) is 92.8 Å². The van der Waals surface area contributed by atoms with Crippen LogP contribution in [-0.2, 0) is 13.1 Å². The number of benzene rings is 1. The van der Waals surface area contributed by atoms with Gasteiger partial charge in [0.25, 0.3) is 0 Å². The number of nitrogens with zero attached hydrogens (tertiary/aromatic N) is 1. The third kappa shape index (κ3) is 3.73. The third-order valence-electron chi connectivity index (χ3n) is 7.67. The molecule has 0 unspecified atom stereocenters. The van der Waals surface area contributed by atoms with Gasteiger partial charge in [0, 0.05) is 19.1 Å². The van der Waals surface area contributed by atoms with Crippen LogP contribution in [0.1, 0.15) is 56.1 Å². The number of nitrogens with one attached hydrogen (secondary N) is 2. The van der Waals surface area contributed by atoms with E-state index >= 15 is 0 Å². The Labute approximate surface area is 163 Å². The number of urea groups is 1. The molecule has 146 valence electrons. The van der Waals surface area contributed by atoms with Crippen molar-refractivity contribution in [3.05, 3.63) is 35.4 Å². The van der Waals surface area contributed by atoms with Crippen molar-refractivity contribution in [2.75, 3.05) is 13.1 Å². The van der Waals surface area contributed by atoms with Gasteiger partial charge in [0.05, 0.1) is 0 Å². The first-order valence-corrected chi connectivity index (χ1v) is 11.1. The van der Waals surface area contributed by atoms with Crippen LogP contribution in [0.2, 0.25) is 0 Å². The highest BCUT2D eigenvalue weighted by molar-refractivity contribution is 5.74. The molecule has 0 aromatic heterocycles. The van der Waals surface area contributed by atoms with Crippen molar-refractivity contribution in [2.24, 2.45) is 23.7 Å². The van der Waals surface area contributed by atoms with Gasteiger partial charge in [0.1, 0.15) is 0 Å². The van der Waals surface area contributed by atoms with Gasteiger partial charge >= 0.3 is 6.03 Å². The zero-order valence-electron chi connectivity index (χ0n) is 16.3. The van der Waals surface area contributed by atoms with Crippen LogP contribution < -0.4 is 10.6 Å². The lowest BCUT2D eigenvalue weighted by Crippen LogP contribution is -2.57. The summed E-state index contributed by atoms with van der Waals surface area (Å²) in [5.41, 5.74) is 2.61. The van der Waals surface area contributed by atoms with Crippen LogP contribution in [0.4, 0.5) is 4.79 Å². The van der Waals surface area contributed by atoms with Crippen LogP contribution in [0.3, 0.4) is 0 Å². The SMILES string of the molecule is O=C(NCc1ccccc1CN1CCCC1)NC1C2CC3CC(C2)CC1C3. The monoisotopic (exact) mass is 367 g/mol. The molecule has 1 saturated heterocycles. The van der Waals surface area contributed by atoms with Crippen LogP contribution in [-0.4, -0.2) is 30.1 Å². The maximum Gasteiger partial charge on any atom is 0.315 e. The standard InChI is InChI=1S/C23H33N3O/c27-23(25-22-20-10-16-9-17(12-20)13-21(22)11-16)24-14-18-5-1-2-6-19(18)15-26-7-3-4-8-26/h1-2,5-6,16-17,20-22H,3-4,7-15H2,(H2,24,25,27). The van der Waals surface area contributed by atoms with E-state index in [-0.39, 0.29) is 6.03 Å². The van der Waals surface area contributed by atoms with E-state index < -0.39 is 0 Å². The number of carbonyl (C=O) groups is 1. The summed E-state index contributed by atoms with van der Waals surface area (Å²) >= 11 is 0. The van der Waals surface area contributed by atoms with Gasteiger partial charge in [-0.3, -0.25) is 4.90 Å². The zero-order valence-corrected chi connectivity index (χ0v) is 16.3. The molecule has 5 fully saturated rings. The number of hydrogen-bond donors (Lipinski definition) is 2. The number of amides is 2. The molecule has 1 aromatic rings. The minimum absolute atomic E-state index is 0.0310. The predicted octanol–water partition coefficient (Wildman–Crippen LogP) is 3.91. The topological polar surface area (TPSA) is 44.4 Å². The quantitative estimate of drug-likeness (QED) is 0.829. The highest BCUT2D eigenvalue weighted by Crippen LogP contribution is 2.53. The second-order valence-electron chi connectivity index (χ2n) is 9.54. The Morgan fingerprint density at radius 2 is 1.56 bits per heavy atom. The lowest BCUT2D eigenvalue weighted by atomic mass is 9.54. The van der Waals surface area contributed by atoms with Gasteiger partial charge < -0.3 is 10.6 Å². The lowest BCUT2D eigenvalue weighted by Gasteiger charge is -2.54. The molecule has 4 bridgehead atoms. The predicted molar refractivity (Wildman–Crippen MR) is 107 cm³/mol. The first-order valence-electron chi connectivity index (χ1n) is 11.1. The molecule has 0 atom stereocenters. The van der Waals surface area contributed by atoms with Gasteiger partial charge in [0.15, 0.2) is 0 Å². The third-order valence-corrected chi connectivity index (χ3v) is 7.67. The van der Waals surface area contributed by atoms with E-state index in [1.165, 1.54) is 69.2 Å². The molecule has 6 rings (SSSR count). The maximum atomic E-state index is 12.6. The molecule has 2 N–H and O–H groups in total. The fraction of sp³-hybridized carbons (Fsp3) is 0.696. The van der Waals surface area contributed by atoms with Crippen molar-refractivity contribution in [3.63, 3.8) is 0 Å². The first-order chi connectivity index (χ1) is 13.2. The van der Waals surface area contributed by atoms with Crippen molar-refractivity contribution >= 4 is 6.03 Å². The molecule has 1 aliphatic heterocycles. The van der Waals surface area contributed by atoms with Crippen molar-refractivity contribution in [1.82, 2.24) is 15.5 Å². The normalized spacial score (nSPS) is 34.7. The van der Waals surface area contributed by atoms with Gasteiger partial charge in [-0.25, -0.2) is 4.79 Å². The summed E-state index contributed by atoms with van der Waals surface area (Å²) in [6, 6.07) is 9.02. The van der Waals surface area contributed by atoms with Gasteiger partial charge in [-0.15, -0.1) is 0 Å². The summed E-state index contributed by atoms with van der Waals surface area (Å²) in [4.78, 5) is 15.2. The number of hydrogen-bond acceptors (Lipinski definition) is 2. The van der Waals surface area contributed by atoms with Crippen LogP contribution in [0.15, 0.2) is 24.3 Å². The summed E-state index contributed by atoms with van der Waals surface area (Å²) < 4.78 is 0. The molecule has 5 aliphatic rings. The van der Waals surface area contributed by atoms with Crippen LogP contribution in [0, 0.1) is 23.7 Å². The molecule has 0 radical (unpaired) electrons. The summed E-state index contributed by atoms with van der Waals surface area (Å²) in [6.45, 7) is 4.04.